The maximum absolute atomic E-state index is 5.08. The van der Waals surface area contributed by atoms with Crippen LogP contribution < -0.4 is 0 Å². The van der Waals surface area contributed by atoms with Crippen molar-refractivity contribution in [3.8, 4) is 0 Å². The quantitative estimate of drug-likeness (QED) is 0.543. The first-order valence-corrected chi connectivity index (χ1v) is 12.7. The molecule has 0 unspecified atom stereocenters. The van der Waals surface area contributed by atoms with Crippen molar-refractivity contribution >= 4 is 57.2 Å². The summed E-state index contributed by atoms with van der Waals surface area (Å²) in [6, 6.07) is 0. The molecule has 0 amide bonds. The molecule has 11 heteroatoms. The van der Waals surface area contributed by atoms with Gasteiger partial charge in [-0.15, -0.1) is 0 Å². The fourth-order valence-corrected chi connectivity index (χ4v) is 0. The van der Waals surface area contributed by atoms with Crippen LogP contribution in [0.2, 0.25) is 0 Å². The molecule has 0 saturated carbocycles. The Kier molecular flexibility index (Phi) is 13.8. The Hall–Kier alpha value is 2.24. The van der Waals surface area contributed by atoms with Crippen LogP contribution >= 0.6 is 57.2 Å². The number of hydrogen-bond donors (Lipinski definition) is 0. The van der Waals surface area contributed by atoms with E-state index in [1.807, 2.05) is 0 Å². The van der Waals surface area contributed by atoms with Crippen molar-refractivity contribution in [3.05, 3.63) is 0 Å². The normalized spacial score (nSPS) is 14.7. The van der Waals surface area contributed by atoms with Crippen LogP contribution in [0.1, 0.15) is 0 Å². The Labute approximate surface area is 85.3 Å². The van der Waals surface area contributed by atoms with E-state index >= 15 is 0 Å². The molecular formula is H8Cl6O4Pd. The van der Waals surface area contributed by atoms with Gasteiger partial charge in [-0.1, -0.05) is 0 Å². The third-order valence-electron chi connectivity index (χ3n) is 0. The van der Waals surface area contributed by atoms with Crippen molar-refractivity contribution in [2.75, 3.05) is 0 Å². The fourth-order valence-electron chi connectivity index (χ4n) is 0. The van der Waals surface area contributed by atoms with E-state index in [1.165, 1.54) is 0 Å². The Bertz CT molecular complexity index is 73.1. The van der Waals surface area contributed by atoms with E-state index in [1.54, 1.807) is 0 Å². The molecule has 0 aromatic carbocycles. The van der Waals surface area contributed by atoms with Gasteiger partial charge in [0, 0.05) is 0 Å². The van der Waals surface area contributed by atoms with Crippen LogP contribution in [0.15, 0.2) is 0 Å². The van der Waals surface area contributed by atoms with Crippen molar-refractivity contribution in [1.82, 2.24) is 0 Å². The van der Waals surface area contributed by atoms with E-state index < -0.39 is 6.97 Å². The van der Waals surface area contributed by atoms with Gasteiger partial charge >= 0.3 is 64.1 Å². The molecule has 8 N–H and O–H groups in total. The molecule has 11 heavy (non-hydrogen) atoms. The first-order chi connectivity index (χ1) is 2.45. The molecule has 0 aliphatic carbocycles. The van der Waals surface area contributed by atoms with Gasteiger partial charge in [-0.05, 0) is 0 Å². The molecule has 0 aromatic rings. The molecule has 0 fully saturated rings. The molecule has 0 rings (SSSR count). The Morgan fingerprint density at radius 3 is 0.455 bits per heavy atom. The summed E-state index contributed by atoms with van der Waals surface area (Å²) in [5.41, 5.74) is 0. The van der Waals surface area contributed by atoms with Gasteiger partial charge in [0.25, 0.3) is 0 Å². The standard InChI is InChI=1S/6ClH.4H2O.Pd/h6*1H;4*1H2;/q;;;;;;;;;;+6/p-6. The van der Waals surface area contributed by atoms with Crippen LogP contribution in [-0.4, -0.2) is 21.9 Å². The van der Waals surface area contributed by atoms with Gasteiger partial charge in [0.2, 0.25) is 0 Å². The Morgan fingerprint density at radius 1 is 0.455 bits per heavy atom. The number of halogens is 6. The van der Waals surface area contributed by atoms with Crippen LogP contribution in [-0.2, 0) is 6.97 Å². The van der Waals surface area contributed by atoms with Crippen molar-refractivity contribution in [3.63, 3.8) is 0 Å². The zero-order valence-corrected chi connectivity index (χ0v) is 10.7. The summed E-state index contributed by atoms with van der Waals surface area (Å²) in [4.78, 5) is 0. The van der Waals surface area contributed by atoms with E-state index in [9.17, 15) is 0 Å². The van der Waals surface area contributed by atoms with E-state index in [2.05, 4.69) is 0 Å². The molecule has 0 heterocycles. The maximum atomic E-state index is 5.03. The van der Waals surface area contributed by atoms with Gasteiger partial charge in [0.1, 0.15) is 0 Å². The second kappa shape index (κ2) is 5.20. The first-order valence-electron chi connectivity index (χ1n) is 0.717. The average molecular weight is 391 g/mol. The molecule has 4 nitrogen and oxygen atoms in total. The zero-order chi connectivity index (χ0) is 6.41. The predicted molar refractivity (Wildman–Crippen MR) is 49.6 cm³/mol. The summed E-state index contributed by atoms with van der Waals surface area (Å²) >= 11 is 0. The van der Waals surface area contributed by atoms with Crippen LogP contribution in [0.5, 0.6) is 0 Å². The third-order valence-corrected chi connectivity index (χ3v) is 0. The van der Waals surface area contributed by atoms with Crippen molar-refractivity contribution in [2.24, 2.45) is 0 Å². The molecule has 0 aromatic heterocycles. The van der Waals surface area contributed by atoms with Gasteiger partial charge in [-0.25, -0.2) is 0 Å². The Balaban J connectivity index is -0.0000000300. The van der Waals surface area contributed by atoms with Crippen LogP contribution in [0, 0.1) is 0 Å². The predicted octanol–water partition coefficient (Wildman–Crippen LogP) is 0.836. The first kappa shape index (κ1) is 29.2. The van der Waals surface area contributed by atoms with E-state index in [4.69, 9.17) is 57.2 Å². The van der Waals surface area contributed by atoms with Crippen LogP contribution in [0.3, 0.4) is 0 Å². The molecule has 0 saturated heterocycles. The molecular weight excluding hydrogens is 383 g/mol. The summed E-state index contributed by atoms with van der Waals surface area (Å²) in [5.74, 6) is 0. The summed E-state index contributed by atoms with van der Waals surface area (Å²) in [5, 5.41) is 0. The monoisotopic (exact) mass is 388 g/mol. The molecule has 0 radical (unpaired) electrons. The second-order valence-electron chi connectivity index (χ2n) is 0.678. The summed E-state index contributed by atoms with van der Waals surface area (Å²) in [6.07, 6.45) is 0. The molecule has 0 aliphatic rings. The van der Waals surface area contributed by atoms with Gasteiger partial charge in [0.15, 0.2) is 0 Å². The number of hydrogen-bond acceptors (Lipinski definition) is 0. The van der Waals surface area contributed by atoms with Crippen LogP contribution in [0.4, 0.5) is 0 Å². The third kappa shape index (κ3) is 255. The van der Waals surface area contributed by atoms with Crippen molar-refractivity contribution in [2.45, 2.75) is 0 Å². The van der Waals surface area contributed by atoms with Gasteiger partial charge in [0.05, 0.1) is 0 Å². The van der Waals surface area contributed by atoms with Gasteiger partial charge < -0.3 is 21.9 Å². The van der Waals surface area contributed by atoms with E-state index in [0.29, 0.717) is 0 Å². The van der Waals surface area contributed by atoms with Crippen LogP contribution in [0.25, 0.3) is 0 Å². The second-order valence-corrected chi connectivity index (χ2v) is 36.1. The molecule has 84 valence electrons. The summed E-state index contributed by atoms with van der Waals surface area (Å²) in [6.45, 7) is -5.08. The van der Waals surface area contributed by atoms with Gasteiger partial charge in [-0.2, -0.15) is 0 Å². The minimum atomic E-state index is -5.08. The van der Waals surface area contributed by atoms with Crippen molar-refractivity contribution < 1.29 is 28.9 Å². The molecule has 0 spiro atoms. The fraction of sp³-hybridized carbons (Fsp3) is 0. The molecule has 0 bridgehead atoms. The zero-order valence-electron chi connectivity index (χ0n) is 4.58. The Morgan fingerprint density at radius 2 is 0.455 bits per heavy atom. The van der Waals surface area contributed by atoms with Crippen molar-refractivity contribution in [1.29, 1.82) is 0 Å². The SMILES string of the molecule is O.O.O.O.[Cl][Pd]([Cl])([Cl])([Cl])([Cl])[Cl]. The average Bonchev–Trinajstić information content (AvgIpc) is 0.592. The molecule has 0 atom stereocenters. The summed E-state index contributed by atoms with van der Waals surface area (Å²) in [7, 11) is 30.2. The van der Waals surface area contributed by atoms with E-state index in [0.717, 1.165) is 0 Å². The summed E-state index contributed by atoms with van der Waals surface area (Å²) < 4.78 is 0. The number of rotatable bonds is 0. The van der Waals surface area contributed by atoms with E-state index in [-0.39, 0.29) is 21.9 Å². The minimum absolute atomic E-state index is 0. The molecule has 0 aliphatic heterocycles. The van der Waals surface area contributed by atoms with Gasteiger partial charge in [-0.3, -0.25) is 0 Å². The topological polar surface area (TPSA) is 126 Å².